The molecule has 0 amide bonds. The molecule has 1 aromatic rings. The number of hydrogen-bond donors (Lipinski definition) is 0. The molecule has 0 atom stereocenters. The summed E-state index contributed by atoms with van der Waals surface area (Å²) in [6.45, 7) is 2.03. The molecule has 0 aromatic carbocycles. The van der Waals surface area contributed by atoms with Crippen LogP contribution in [0, 0.1) is 0 Å². The Morgan fingerprint density at radius 1 is 1.61 bits per heavy atom. The number of allylic oxidation sites excluding steroid dienone is 1. The molecule has 1 aromatic heterocycles. The zero-order chi connectivity index (χ0) is 13.4. The first-order chi connectivity index (χ1) is 8.72. The molecule has 0 unspecified atom stereocenters. The summed E-state index contributed by atoms with van der Waals surface area (Å²) in [5.41, 5.74) is 0.455. The van der Waals surface area contributed by atoms with Gasteiger partial charge in [-0.2, -0.15) is 0 Å². The van der Waals surface area contributed by atoms with E-state index in [1.165, 1.54) is 7.11 Å². The molecule has 96 valence electrons. The van der Waals surface area contributed by atoms with Crippen molar-refractivity contribution in [3.05, 3.63) is 36.0 Å². The summed E-state index contributed by atoms with van der Waals surface area (Å²) in [6.07, 6.45) is 6.30. The third kappa shape index (κ3) is 4.00. The number of ether oxygens (including phenoxy) is 1. The van der Waals surface area contributed by atoms with Gasteiger partial charge >= 0.3 is 0 Å². The first-order valence-electron chi connectivity index (χ1n) is 5.57. The quantitative estimate of drug-likeness (QED) is 0.619. The van der Waals surface area contributed by atoms with Crippen molar-refractivity contribution in [3.63, 3.8) is 0 Å². The molecule has 0 saturated heterocycles. The first kappa shape index (κ1) is 14.4. The van der Waals surface area contributed by atoms with E-state index in [4.69, 9.17) is 4.74 Å². The lowest BCUT2D eigenvalue weighted by atomic mass is 10.3. The minimum Gasteiger partial charge on any atom is -0.480 e. The fourth-order valence-electron chi connectivity index (χ4n) is 1.23. The largest absolute Gasteiger partial charge is 0.480 e. The molecule has 0 spiro atoms. The van der Waals surface area contributed by atoms with Crippen molar-refractivity contribution in [2.45, 2.75) is 13.3 Å². The topological polar surface area (TPSA) is 51.5 Å². The molecule has 5 heteroatoms. The zero-order valence-corrected chi connectivity index (χ0v) is 11.5. The monoisotopic (exact) mass is 264 g/mol. The van der Waals surface area contributed by atoms with Gasteiger partial charge in [-0.05, 0) is 36.4 Å². The number of thioether (sulfide) groups is 1. The molecule has 0 fully saturated rings. The van der Waals surface area contributed by atoms with E-state index in [1.807, 2.05) is 19.1 Å². The van der Waals surface area contributed by atoms with Crippen molar-refractivity contribution < 1.29 is 9.53 Å². The Hall–Kier alpha value is -1.62. The van der Waals surface area contributed by atoms with E-state index in [9.17, 15) is 4.79 Å². The van der Waals surface area contributed by atoms with Gasteiger partial charge in [-0.25, -0.2) is 4.98 Å². The Morgan fingerprint density at radius 3 is 3.00 bits per heavy atom. The van der Waals surface area contributed by atoms with Gasteiger partial charge in [-0.3, -0.25) is 9.79 Å². The molecule has 0 aliphatic carbocycles. The van der Waals surface area contributed by atoms with E-state index >= 15 is 0 Å². The van der Waals surface area contributed by atoms with Gasteiger partial charge in [0.05, 0.1) is 17.7 Å². The van der Waals surface area contributed by atoms with E-state index in [0.29, 0.717) is 16.5 Å². The maximum atomic E-state index is 12.1. The molecule has 0 aliphatic rings. The van der Waals surface area contributed by atoms with E-state index in [-0.39, 0.29) is 5.12 Å². The number of carbonyl (C=O) groups is 1. The number of pyridine rings is 1. The second kappa shape index (κ2) is 7.66. The summed E-state index contributed by atoms with van der Waals surface area (Å²) in [4.78, 5) is 20.1. The van der Waals surface area contributed by atoms with Crippen LogP contribution in [0.5, 0.6) is 5.88 Å². The van der Waals surface area contributed by atoms with Crippen molar-refractivity contribution in [1.29, 1.82) is 0 Å². The molecule has 0 aliphatic heterocycles. The van der Waals surface area contributed by atoms with Crippen LogP contribution in [0.2, 0.25) is 0 Å². The molecule has 18 heavy (non-hydrogen) atoms. The number of aliphatic imine (C=N–C) groups is 1. The van der Waals surface area contributed by atoms with Gasteiger partial charge in [0.15, 0.2) is 0 Å². The maximum Gasteiger partial charge on any atom is 0.231 e. The van der Waals surface area contributed by atoms with E-state index < -0.39 is 0 Å². The predicted octanol–water partition coefficient (Wildman–Crippen LogP) is 2.96. The van der Waals surface area contributed by atoms with Crippen molar-refractivity contribution in [2.75, 3.05) is 14.2 Å². The van der Waals surface area contributed by atoms with Crippen LogP contribution in [-0.2, 0) is 0 Å². The average molecular weight is 264 g/mol. The lowest BCUT2D eigenvalue weighted by molar-refractivity contribution is 0.108. The van der Waals surface area contributed by atoms with Crippen LogP contribution in [-0.4, -0.2) is 29.3 Å². The van der Waals surface area contributed by atoms with Crippen molar-refractivity contribution in [2.24, 2.45) is 4.99 Å². The van der Waals surface area contributed by atoms with Gasteiger partial charge in [0.25, 0.3) is 0 Å². The molecule has 0 radical (unpaired) electrons. The minimum absolute atomic E-state index is 0.124. The molecular formula is C13H16N2O2S. The minimum atomic E-state index is -0.124. The zero-order valence-electron chi connectivity index (χ0n) is 10.7. The number of hydrogen-bond acceptors (Lipinski definition) is 5. The third-order valence-corrected chi connectivity index (χ3v) is 3.03. The summed E-state index contributed by atoms with van der Waals surface area (Å²) in [5, 5.41) is 0.550. The predicted molar refractivity (Wildman–Crippen MR) is 75.5 cm³/mol. The van der Waals surface area contributed by atoms with Crippen molar-refractivity contribution >= 4 is 21.9 Å². The Morgan fingerprint density at radius 2 is 2.39 bits per heavy atom. The van der Waals surface area contributed by atoms with E-state index in [0.717, 1.165) is 18.2 Å². The molecule has 1 rings (SSSR count). The summed E-state index contributed by atoms with van der Waals surface area (Å²) in [7, 11) is 3.16. The molecule has 0 saturated carbocycles. The summed E-state index contributed by atoms with van der Waals surface area (Å²) in [5.74, 6) is 0.338. The van der Waals surface area contributed by atoms with Crippen LogP contribution in [0.25, 0.3) is 0 Å². The Labute approximate surface area is 111 Å². The average Bonchev–Trinajstić information content (AvgIpc) is 2.43. The lowest BCUT2D eigenvalue weighted by Crippen LogP contribution is -2.02. The van der Waals surface area contributed by atoms with Crippen LogP contribution in [0.4, 0.5) is 0 Å². The SMILES string of the molecule is CC/C=C\C(=NC)SC(=O)c1cccnc1OC. The smallest absolute Gasteiger partial charge is 0.231 e. The van der Waals surface area contributed by atoms with Gasteiger partial charge in [0.2, 0.25) is 11.0 Å². The number of nitrogens with zero attached hydrogens (tertiary/aromatic N) is 2. The molecule has 4 nitrogen and oxygen atoms in total. The summed E-state index contributed by atoms with van der Waals surface area (Å²) in [6, 6.07) is 3.40. The van der Waals surface area contributed by atoms with E-state index in [1.54, 1.807) is 25.4 Å². The van der Waals surface area contributed by atoms with Gasteiger partial charge in [0, 0.05) is 13.2 Å². The number of rotatable bonds is 4. The summed E-state index contributed by atoms with van der Waals surface area (Å²) >= 11 is 1.07. The van der Waals surface area contributed by atoms with Crippen LogP contribution in [0.1, 0.15) is 23.7 Å². The fraction of sp³-hybridized carbons (Fsp3) is 0.308. The van der Waals surface area contributed by atoms with Crippen LogP contribution >= 0.6 is 11.8 Å². The number of methoxy groups -OCH3 is 1. The van der Waals surface area contributed by atoms with Crippen molar-refractivity contribution in [3.8, 4) is 5.88 Å². The number of aromatic nitrogens is 1. The highest BCUT2D eigenvalue weighted by Crippen LogP contribution is 2.21. The normalized spacial score (nSPS) is 11.8. The van der Waals surface area contributed by atoms with Crippen molar-refractivity contribution in [1.82, 2.24) is 4.98 Å². The highest BCUT2D eigenvalue weighted by atomic mass is 32.2. The summed E-state index contributed by atoms with van der Waals surface area (Å²) < 4.78 is 5.06. The third-order valence-electron chi connectivity index (χ3n) is 2.10. The number of carbonyl (C=O) groups excluding carboxylic acids is 1. The molecule has 1 heterocycles. The molecule has 0 bridgehead atoms. The van der Waals surface area contributed by atoms with Crippen LogP contribution < -0.4 is 4.74 Å². The van der Waals surface area contributed by atoms with Crippen LogP contribution in [0.15, 0.2) is 35.5 Å². The first-order valence-corrected chi connectivity index (χ1v) is 6.39. The van der Waals surface area contributed by atoms with Gasteiger partial charge in [-0.1, -0.05) is 13.0 Å². The second-order valence-corrected chi connectivity index (χ2v) is 4.32. The molecular weight excluding hydrogens is 248 g/mol. The van der Waals surface area contributed by atoms with E-state index in [2.05, 4.69) is 9.98 Å². The van der Waals surface area contributed by atoms with Gasteiger partial charge in [0.1, 0.15) is 0 Å². The molecule has 0 N–H and O–H groups in total. The standard InChI is InChI=1S/C13H16N2O2S/c1-4-5-8-11(14-2)18-13(16)10-7-6-9-15-12(10)17-3/h5-9H,4H2,1-3H3/b8-5-,14-11?. The lowest BCUT2D eigenvalue weighted by Gasteiger charge is -2.05. The highest BCUT2D eigenvalue weighted by molar-refractivity contribution is 8.27. The fourth-order valence-corrected chi connectivity index (χ4v) is 1.94. The Balaban J connectivity index is 2.85. The van der Waals surface area contributed by atoms with Crippen LogP contribution in [0.3, 0.4) is 0 Å². The Bertz CT molecular complexity index is 470. The Kier molecular flexibility index (Phi) is 6.14. The van der Waals surface area contributed by atoms with Gasteiger partial charge in [-0.15, -0.1) is 0 Å². The second-order valence-electron chi connectivity index (χ2n) is 3.32. The highest BCUT2D eigenvalue weighted by Gasteiger charge is 2.15. The maximum absolute atomic E-state index is 12.1. The van der Waals surface area contributed by atoms with Gasteiger partial charge < -0.3 is 4.74 Å².